The van der Waals surface area contributed by atoms with Crippen LogP contribution in [0.3, 0.4) is 0 Å². The Bertz CT molecular complexity index is 515. The first kappa shape index (κ1) is 24.2. The highest BCUT2D eigenvalue weighted by Crippen LogP contribution is 2.37. The minimum Gasteiger partial charge on any atom is -0.351 e. The third-order valence-corrected chi connectivity index (χ3v) is 5.28. The fourth-order valence-corrected chi connectivity index (χ4v) is 3.51. The molecule has 0 spiro atoms. The van der Waals surface area contributed by atoms with Crippen molar-refractivity contribution in [3.63, 3.8) is 0 Å². The third-order valence-electron chi connectivity index (χ3n) is 5.28. The second-order valence-electron chi connectivity index (χ2n) is 6.60. The minimum absolute atomic E-state index is 0. The van der Waals surface area contributed by atoms with Gasteiger partial charge in [0.2, 0.25) is 5.91 Å². The number of nitrogens with two attached hydrogens (primary N) is 1. The Morgan fingerprint density at radius 1 is 1.12 bits per heavy atom. The van der Waals surface area contributed by atoms with Gasteiger partial charge in [-0.25, -0.2) is 0 Å². The molecular formula is C19H33Cl2N3O. The summed E-state index contributed by atoms with van der Waals surface area (Å²) in [6, 6.07) is 8.39. The summed E-state index contributed by atoms with van der Waals surface area (Å²) in [7, 11) is 0. The lowest BCUT2D eigenvalue weighted by molar-refractivity contribution is -0.130. The van der Waals surface area contributed by atoms with Gasteiger partial charge in [0.25, 0.3) is 0 Å². The van der Waals surface area contributed by atoms with Crippen LogP contribution in [0.2, 0.25) is 0 Å². The summed E-state index contributed by atoms with van der Waals surface area (Å²) in [5.41, 5.74) is 8.08. The van der Waals surface area contributed by atoms with Crippen LogP contribution >= 0.6 is 24.8 Å². The van der Waals surface area contributed by atoms with Crippen LogP contribution in [0.5, 0.6) is 0 Å². The minimum atomic E-state index is -0.326. The number of benzene rings is 1. The van der Waals surface area contributed by atoms with E-state index in [9.17, 15) is 4.79 Å². The number of amides is 1. The SMILES string of the molecule is CCN(CC)Cc1ccccc1CNC(=O)C1(CN)CCCC1.Cl.Cl. The van der Waals surface area contributed by atoms with Gasteiger partial charge in [-0.2, -0.15) is 0 Å². The van der Waals surface area contributed by atoms with Gasteiger partial charge >= 0.3 is 0 Å². The molecule has 1 aromatic rings. The number of carbonyl (C=O) groups excluding carboxylic acids is 1. The smallest absolute Gasteiger partial charge is 0.227 e. The highest BCUT2D eigenvalue weighted by molar-refractivity contribution is 5.85. The predicted octanol–water partition coefficient (Wildman–Crippen LogP) is 3.51. The molecule has 1 amide bonds. The van der Waals surface area contributed by atoms with Crippen molar-refractivity contribution < 1.29 is 4.79 Å². The maximum absolute atomic E-state index is 12.6. The maximum Gasteiger partial charge on any atom is 0.227 e. The topological polar surface area (TPSA) is 58.4 Å². The fourth-order valence-electron chi connectivity index (χ4n) is 3.51. The molecule has 0 radical (unpaired) electrons. The van der Waals surface area contributed by atoms with E-state index in [2.05, 4.69) is 42.3 Å². The van der Waals surface area contributed by atoms with Crippen LogP contribution in [0.25, 0.3) is 0 Å². The van der Waals surface area contributed by atoms with Crippen molar-refractivity contribution in [2.75, 3.05) is 19.6 Å². The molecular weight excluding hydrogens is 357 g/mol. The first-order valence-corrected chi connectivity index (χ1v) is 8.92. The molecule has 1 saturated carbocycles. The summed E-state index contributed by atoms with van der Waals surface area (Å²) < 4.78 is 0. The van der Waals surface area contributed by atoms with E-state index in [0.29, 0.717) is 13.1 Å². The van der Waals surface area contributed by atoms with Gasteiger partial charge in [-0.3, -0.25) is 9.69 Å². The quantitative estimate of drug-likeness (QED) is 0.714. The summed E-state index contributed by atoms with van der Waals surface area (Å²) >= 11 is 0. The second kappa shape index (κ2) is 11.7. The first-order valence-electron chi connectivity index (χ1n) is 8.92. The Labute approximate surface area is 164 Å². The first-order chi connectivity index (χ1) is 11.1. The molecule has 0 heterocycles. The second-order valence-corrected chi connectivity index (χ2v) is 6.60. The molecule has 25 heavy (non-hydrogen) atoms. The molecule has 0 bridgehead atoms. The van der Waals surface area contributed by atoms with E-state index in [1.54, 1.807) is 0 Å². The van der Waals surface area contributed by atoms with E-state index in [4.69, 9.17) is 5.73 Å². The predicted molar refractivity (Wildman–Crippen MR) is 109 cm³/mol. The van der Waals surface area contributed by atoms with E-state index >= 15 is 0 Å². The number of halogens is 2. The van der Waals surface area contributed by atoms with E-state index < -0.39 is 0 Å². The van der Waals surface area contributed by atoms with E-state index in [1.165, 1.54) is 11.1 Å². The Morgan fingerprint density at radius 2 is 1.68 bits per heavy atom. The van der Waals surface area contributed by atoms with Crippen LogP contribution < -0.4 is 11.1 Å². The zero-order valence-corrected chi connectivity index (χ0v) is 17.1. The summed E-state index contributed by atoms with van der Waals surface area (Å²) in [5, 5.41) is 3.14. The average Bonchev–Trinajstić information content (AvgIpc) is 3.08. The summed E-state index contributed by atoms with van der Waals surface area (Å²) in [6.07, 6.45) is 4.08. The average molecular weight is 390 g/mol. The molecule has 0 aliphatic heterocycles. The van der Waals surface area contributed by atoms with Crippen molar-refractivity contribution >= 4 is 30.7 Å². The molecule has 1 aliphatic carbocycles. The number of hydrogen-bond donors (Lipinski definition) is 2. The third kappa shape index (κ3) is 6.14. The molecule has 0 aromatic heterocycles. The van der Waals surface area contributed by atoms with Crippen molar-refractivity contribution in [1.82, 2.24) is 10.2 Å². The van der Waals surface area contributed by atoms with Crippen LogP contribution in [-0.2, 0) is 17.9 Å². The number of carbonyl (C=O) groups is 1. The van der Waals surface area contributed by atoms with Gasteiger partial charge in [0.05, 0.1) is 5.41 Å². The number of hydrogen-bond acceptors (Lipinski definition) is 3. The van der Waals surface area contributed by atoms with Crippen LogP contribution in [0, 0.1) is 5.41 Å². The zero-order valence-electron chi connectivity index (χ0n) is 15.4. The van der Waals surface area contributed by atoms with Gasteiger partial charge in [-0.05, 0) is 37.1 Å². The lowest BCUT2D eigenvalue weighted by Gasteiger charge is -2.26. The van der Waals surface area contributed by atoms with Gasteiger partial charge < -0.3 is 11.1 Å². The maximum atomic E-state index is 12.6. The van der Waals surface area contributed by atoms with Crippen molar-refractivity contribution in [1.29, 1.82) is 0 Å². The highest BCUT2D eigenvalue weighted by Gasteiger charge is 2.39. The Kier molecular flexibility index (Phi) is 11.4. The lowest BCUT2D eigenvalue weighted by Crippen LogP contribution is -2.44. The molecule has 6 heteroatoms. The van der Waals surface area contributed by atoms with Crippen molar-refractivity contribution in [3.05, 3.63) is 35.4 Å². The Morgan fingerprint density at radius 3 is 2.20 bits per heavy atom. The fraction of sp³-hybridized carbons (Fsp3) is 0.632. The molecule has 144 valence electrons. The van der Waals surface area contributed by atoms with Crippen LogP contribution in [-0.4, -0.2) is 30.4 Å². The normalized spacial score (nSPS) is 15.4. The van der Waals surface area contributed by atoms with E-state index in [0.717, 1.165) is 45.3 Å². The molecule has 2 rings (SSSR count). The van der Waals surface area contributed by atoms with Crippen molar-refractivity contribution in [2.24, 2.45) is 11.1 Å². The number of rotatable bonds is 8. The Hall–Kier alpha value is -0.810. The van der Waals surface area contributed by atoms with Gasteiger partial charge in [0, 0.05) is 19.6 Å². The molecule has 1 aliphatic rings. The van der Waals surface area contributed by atoms with Gasteiger partial charge in [0.15, 0.2) is 0 Å². The highest BCUT2D eigenvalue weighted by atomic mass is 35.5. The van der Waals surface area contributed by atoms with Crippen LogP contribution in [0.1, 0.15) is 50.7 Å². The van der Waals surface area contributed by atoms with Crippen LogP contribution in [0.15, 0.2) is 24.3 Å². The van der Waals surface area contributed by atoms with Gasteiger partial charge in [-0.1, -0.05) is 51.0 Å². The number of nitrogens with one attached hydrogen (secondary N) is 1. The summed E-state index contributed by atoms with van der Waals surface area (Å²) in [5.74, 6) is 0.134. The van der Waals surface area contributed by atoms with E-state index in [1.807, 2.05) is 6.07 Å². The summed E-state index contributed by atoms with van der Waals surface area (Å²) in [4.78, 5) is 15.0. The Balaban J connectivity index is 0.00000288. The molecule has 0 atom stereocenters. The van der Waals surface area contributed by atoms with Gasteiger partial charge in [0.1, 0.15) is 0 Å². The molecule has 0 saturated heterocycles. The molecule has 3 N–H and O–H groups in total. The zero-order chi connectivity index (χ0) is 16.7. The lowest BCUT2D eigenvalue weighted by atomic mass is 9.85. The van der Waals surface area contributed by atoms with Crippen molar-refractivity contribution in [3.8, 4) is 0 Å². The summed E-state index contributed by atoms with van der Waals surface area (Å²) in [6.45, 7) is 8.41. The standard InChI is InChI=1S/C19H31N3O.2ClH/c1-3-22(4-2)14-17-10-6-5-9-16(17)13-21-18(23)19(15-20)11-7-8-12-19;;/h5-6,9-10H,3-4,7-8,11-15,20H2,1-2H3,(H,21,23);2*1H. The molecule has 0 unspecified atom stereocenters. The largest absolute Gasteiger partial charge is 0.351 e. The monoisotopic (exact) mass is 389 g/mol. The van der Waals surface area contributed by atoms with E-state index in [-0.39, 0.29) is 36.1 Å². The molecule has 4 nitrogen and oxygen atoms in total. The number of nitrogens with zero attached hydrogens (tertiary/aromatic N) is 1. The van der Waals surface area contributed by atoms with Crippen LogP contribution in [0.4, 0.5) is 0 Å². The molecule has 1 fully saturated rings. The van der Waals surface area contributed by atoms with Gasteiger partial charge in [-0.15, -0.1) is 24.8 Å². The van der Waals surface area contributed by atoms with Crippen molar-refractivity contribution in [2.45, 2.75) is 52.6 Å². The molecule has 1 aromatic carbocycles.